The number of nitro benzene ring substituents is 1. The zero-order valence-corrected chi connectivity index (χ0v) is 22.5. The number of hydrogen-bond donors (Lipinski definition) is 2. The molecule has 2 aromatic carbocycles. The van der Waals surface area contributed by atoms with E-state index in [1.54, 1.807) is 0 Å². The van der Waals surface area contributed by atoms with Crippen molar-refractivity contribution in [2.75, 3.05) is 13.7 Å². The van der Waals surface area contributed by atoms with E-state index in [4.69, 9.17) is 23.7 Å². The van der Waals surface area contributed by atoms with Crippen LogP contribution >= 0.6 is 0 Å². The number of aliphatic hydroxyl groups is 1. The molecule has 218 valence electrons. The van der Waals surface area contributed by atoms with E-state index in [2.05, 4.69) is 4.98 Å². The molecule has 1 aliphatic heterocycles. The van der Waals surface area contributed by atoms with Gasteiger partial charge in [-0.1, -0.05) is 30.3 Å². The highest BCUT2D eigenvalue weighted by molar-refractivity contribution is 5.62. The van der Waals surface area contributed by atoms with Gasteiger partial charge in [0.25, 0.3) is 11.2 Å². The van der Waals surface area contributed by atoms with Crippen LogP contribution in [0, 0.1) is 17.0 Å². The minimum absolute atomic E-state index is 0.0263. The van der Waals surface area contributed by atoms with E-state index in [1.165, 1.54) is 39.3 Å². The van der Waals surface area contributed by atoms with E-state index in [9.17, 15) is 29.6 Å². The number of carbonyl (C=O) groups is 1. The van der Waals surface area contributed by atoms with Crippen LogP contribution in [0.2, 0.25) is 0 Å². The molecule has 14 heteroatoms. The number of ether oxygens (including phenoxy) is 5. The van der Waals surface area contributed by atoms with Crippen molar-refractivity contribution in [2.24, 2.45) is 0 Å². The summed E-state index contributed by atoms with van der Waals surface area (Å²) in [5, 5.41) is 21.6. The van der Waals surface area contributed by atoms with Crippen LogP contribution in [0.3, 0.4) is 0 Å². The molecule has 0 saturated carbocycles. The molecule has 4 atom stereocenters. The van der Waals surface area contributed by atoms with Crippen LogP contribution in [0.4, 0.5) is 10.5 Å². The molecular formula is C27H29N3O11. The summed E-state index contributed by atoms with van der Waals surface area (Å²) in [6.07, 6.45) is -3.97. The van der Waals surface area contributed by atoms with Gasteiger partial charge in [0.15, 0.2) is 11.5 Å². The van der Waals surface area contributed by atoms with E-state index in [1.807, 2.05) is 30.3 Å². The molecule has 1 aliphatic rings. The van der Waals surface area contributed by atoms with Crippen molar-refractivity contribution in [3.63, 3.8) is 0 Å². The summed E-state index contributed by atoms with van der Waals surface area (Å²) in [6.45, 7) is 2.55. The number of methoxy groups -OCH3 is 1. The Kier molecular flexibility index (Phi) is 9.04. The molecule has 1 fully saturated rings. The van der Waals surface area contributed by atoms with Gasteiger partial charge in [0.1, 0.15) is 31.1 Å². The highest BCUT2D eigenvalue weighted by Gasteiger charge is 2.40. The Bertz CT molecular complexity index is 1520. The lowest BCUT2D eigenvalue weighted by Crippen LogP contribution is -2.33. The maximum absolute atomic E-state index is 12.7. The lowest BCUT2D eigenvalue weighted by atomic mass is 10.1. The number of carbonyl (C=O) groups excluding carboxylic acids is 1. The van der Waals surface area contributed by atoms with Crippen molar-refractivity contribution in [3.8, 4) is 11.5 Å². The van der Waals surface area contributed by atoms with Gasteiger partial charge in [-0.25, -0.2) is 9.59 Å². The number of benzene rings is 2. The topological polar surface area (TPSA) is 181 Å². The SMILES string of the molecule is COc1cc(C(C)OC(=O)OC2C[C@H](n3cc(C)c(=O)[nH]c3=O)O[C@@H]2CO)c([N+](=O)[O-])cc1OCc1ccccc1. The summed E-state index contributed by atoms with van der Waals surface area (Å²) in [5.41, 5.74) is -0.489. The molecule has 0 radical (unpaired) electrons. The van der Waals surface area contributed by atoms with Gasteiger partial charge in [0, 0.05) is 18.2 Å². The largest absolute Gasteiger partial charge is 0.509 e. The molecule has 2 heterocycles. The van der Waals surface area contributed by atoms with Crippen LogP contribution in [0.1, 0.15) is 42.4 Å². The quantitative estimate of drug-likeness (QED) is 0.207. The highest BCUT2D eigenvalue weighted by atomic mass is 16.7. The van der Waals surface area contributed by atoms with Gasteiger partial charge in [-0.3, -0.25) is 24.5 Å². The fraction of sp³-hybridized carbons (Fsp3) is 0.370. The normalized spacial score (nSPS) is 18.9. The molecule has 14 nitrogen and oxygen atoms in total. The zero-order valence-electron chi connectivity index (χ0n) is 22.5. The molecule has 1 aromatic heterocycles. The minimum Gasteiger partial charge on any atom is -0.493 e. The number of aromatic amines is 1. The lowest BCUT2D eigenvalue weighted by Gasteiger charge is -2.19. The third-order valence-corrected chi connectivity index (χ3v) is 6.52. The van der Waals surface area contributed by atoms with Crippen LogP contribution in [-0.2, 0) is 20.8 Å². The van der Waals surface area contributed by atoms with Crippen molar-refractivity contribution in [1.82, 2.24) is 9.55 Å². The second-order valence-corrected chi connectivity index (χ2v) is 9.29. The lowest BCUT2D eigenvalue weighted by molar-refractivity contribution is -0.386. The van der Waals surface area contributed by atoms with Gasteiger partial charge >= 0.3 is 11.8 Å². The number of nitro groups is 1. The summed E-state index contributed by atoms with van der Waals surface area (Å²) < 4.78 is 28.6. The van der Waals surface area contributed by atoms with Crippen molar-refractivity contribution in [3.05, 3.63) is 96.3 Å². The molecule has 0 spiro atoms. The van der Waals surface area contributed by atoms with Gasteiger partial charge < -0.3 is 28.8 Å². The summed E-state index contributed by atoms with van der Waals surface area (Å²) in [7, 11) is 1.38. The number of nitrogens with zero attached hydrogens (tertiary/aromatic N) is 2. The Hall–Kier alpha value is -4.69. The molecule has 2 unspecified atom stereocenters. The van der Waals surface area contributed by atoms with Crippen molar-refractivity contribution in [1.29, 1.82) is 0 Å². The van der Waals surface area contributed by atoms with E-state index in [0.29, 0.717) is 0 Å². The van der Waals surface area contributed by atoms with E-state index in [-0.39, 0.29) is 41.3 Å². The first-order valence-corrected chi connectivity index (χ1v) is 12.6. The number of aromatic nitrogens is 2. The molecule has 0 bridgehead atoms. The van der Waals surface area contributed by atoms with Gasteiger partial charge in [-0.2, -0.15) is 0 Å². The van der Waals surface area contributed by atoms with Gasteiger partial charge in [0.2, 0.25) is 0 Å². The molecule has 0 aliphatic carbocycles. The first-order chi connectivity index (χ1) is 19.6. The van der Waals surface area contributed by atoms with Gasteiger partial charge in [0.05, 0.1) is 30.3 Å². The summed E-state index contributed by atoms with van der Waals surface area (Å²) >= 11 is 0. The Morgan fingerprint density at radius 1 is 1.24 bits per heavy atom. The highest BCUT2D eigenvalue weighted by Crippen LogP contribution is 2.39. The van der Waals surface area contributed by atoms with Crippen molar-refractivity contribution in [2.45, 2.75) is 51.4 Å². The monoisotopic (exact) mass is 571 g/mol. The zero-order chi connectivity index (χ0) is 29.7. The third kappa shape index (κ3) is 6.73. The number of H-pyrrole nitrogens is 1. The smallest absolute Gasteiger partial charge is 0.493 e. The number of rotatable bonds is 10. The number of hydrogen-bond acceptors (Lipinski definition) is 11. The molecule has 3 aromatic rings. The fourth-order valence-corrected chi connectivity index (χ4v) is 4.37. The predicted octanol–water partition coefficient (Wildman–Crippen LogP) is 2.90. The van der Waals surface area contributed by atoms with Crippen LogP contribution in [-0.4, -0.2) is 51.7 Å². The van der Waals surface area contributed by atoms with E-state index >= 15 is 0 Å². The van der Waals surface area contributed by atoms with Gasteiger partial charge in [-0.05, 0) is 25.5 Å². The van der Waals surface area contributed by atoms with Crippen LogP contribution < -0.4 is 20.7 Å². The maximum atomic E-state index is 12.7. The summed E-state index contributed by atoms with van der Waals surface area (Å²) in [4.78, 5) is 50.0. The maximum Gasteiger partial charge on any atom is 0.509 e. The first kappa shape index (κ1) is 29.3. The summed E-state index contributed by atoms with van der Waals surface area (Å²) in [6, 6.07) is 11.8. The predicted molar refractivity (Wildman–Crippen MR) is 142 cm³/mol. The van der Waals surface area contributed by atoms with E-state index < -0.39 is 53.5 Å². The second-order valence-electron chi connectivity index (χ2n) is 9.29. The summed E-state index contributed by atoms with van der Waals surface area (Å²) in [5.74, 6) is 0.327. The second kappa shape index (κ2) is 12.7. The first-order valence-electron chi connectivity index (χ1n) is 12.6. The van der Waals surface area contributed by atoms with Crippen molar-refractivity contribution < 1.29 is 38.5 Å². The Balaban J connectivity index is 1.47. The Labute approximate surface area is 233 Å². The fourth-order valence-electron chi connectivity index (χ4n) is 4.37. The number of nitrogens with one attached hydrogen (secondary N) is 1. The molecule has 2 N–H and O–H groups in total. The van der Waals surface area contributed by atoms with Crippen molar-refractivity contribution >= 4 is 11.8 Å². The van der Waals surface area contributed by atoms with Gasteiger partial charge in [-0.15, -0.1) is 0 Å². The molecular weight excluding hydrogens is 542 g/mol. The van der Waals surface area contributed by atoms with Crippen LogP contribution in [0.15, 0.2) is 58.3 Å². The average Bonchev–Trinajstić information content (AvgIpc) is 3.35. The standard InChI is InChI=1S/C27H29N3O11/c1-15-12-29(26(33)28-25(15)32)24-11-22(23(13-31)40-24)41-27(34)39-16(2)18-9-20(37-3)21(10-19(18)30(35)36)38-14-17-7-5-4-6-8-17/h4-10,12,16,22-24,31H,11,13-14H2,1-3H3,(H,28,32,33)/t16?,22?,23-,24-/m1/s1. The molecule has 1 saturated heterocycles. The molecule has 4 rings (SSSR count). The minimum atomic E-state index is -1.17. The Morgan fingerprint density at radius 3 is 2.63 bits per heavy atom. The third-order valence-electron chi connectivity index (χ3n) is 6.52. The Morgan fingerprint density at radius 2 is 1.98 bits per heavy atom. The number of aryl methyl sites for hydroxylation is 1. The van der Waals surface area contributed by atoms with E-state index in [0.717, 1.165) is 10.1 Å². The average molecular weight is 572 g/mol. The van der Waals surface area contributed by atoms with Crippen LogP contribution in [0.25, 0.3) is 0 Å². The molecule has 0 amide bonds. The van der Waals surface area contributed by atoms with Crippen LogP contribution in [0.5, 0.6) is 11.5 Å². The number of aliphatic hydroxyl groups excluding tert-OH is 1. The molecule has 41 heavy (non-hydrogen) atoms.